The first kappa shape index (κ1) is 12.3. The third kappa shape index (κ3) is 3.39. The van der Waals surface area contributed by atoms with Crippen molar-refractivity contribution in [3.05, 3.63) is 70.6 Å². The van der Waals surface area contributed by atoms with E-state index in [1.807, 2.05) is 24.3 Å². The van der Waals surface area contributed by atoms with Gasteiger partial charge in [-0.25, -0.2) is 0 Å². The van der Waals surface area contributed by atoms with Gasteiger partial charge in [-0.15, -0.1) is 0 Å². The summed E-state index contributed by atoms with van der Waals surface area (Å²) in [6.45, 7) is 4.21. The van der Waals surface area contributed by atoms with E-state index in [0.29, 0.717) is 16.7 Å². The van der Waals surface area contributed by atoms with Gasteiger partial charge in [-0.05, 0) is 42.8 Å². The molecule has 0 aliphatic heterocycles. The zero-order chi connectivity index (χ0) is 12.3. The van der Waals surface area contributed by atoms with Crippen molar-refractivity contribution in [3.8, 4) is 5.75 Å². The molecule has 1 radical (unpaired) electrons. The van der Waals surface area contributed by atoms with Gasteiger partial charge in [0.2, 0.25) is 0 Å². The van der Waals surface area contributed by atoms with E-state index in [2.05, 4.69) is 6.92 Å². The SMILES string of the molecule is [CH2]c1ccc(OCc2cc(Cl)ccc2Cl)cc1. The number of hydrogen-bond acceptors (Lipinski definition) is 1. The van der Waals surface area contributed by atoms with E-state index in [-0.39, 0.29) is 0 Å². The lowest BCUT2D eigenvalue weighted by molar-refractivity contribution is 0.306. The number of ether oxygens (including phenoxy) is 1. The molecular weight excluding hydrogens is 255 g/mol. The standard InChI is InChI=1S/C14H11Cl2O/c1-10-2-5-13(6-3-10)17-9-11-8-12(15)4-7-14(11)16/h2-8H,1,9H2. The molecule has 0 spiro atoms. The van der Waals surface area contributed by atoms with E-state index in [1.165, 1.54) is 0 Å². The van der Waals surface area contributed by atoms with Crippen LogP contribution in [0.15, 0.2) is 42.5 Å². The number of rotatable bonds is 3. The molecule has 0 bridgehead atoms. The minimum Gasteiger partial charge on any atom is -0.489 e. The molecule has 0 aromatic heterocycles. The van der Waals surface area contributed by atoms with Crippen molar-refractivity contribution in [3.63, 3.8) is 0 Å². The molecule has 0 heterocycles. The zero-order valence-electron chi connectivity index (χ0n) is 9.12. The Morgan fingerprint density at radius 3 is 2.41 bits per heavy atom. The van der Waals surface area contributed by atoms with Gasteiger partial charge in [0.15, 0.2) is 0 Å². The maximum atomic E-state index is 6.04. The molecule has 0 atom stereocenters. The summed E-state index contributed by atoms with van der Waals surface area (Å²) in [4.78, 5) is 0. The molecule has 0 fully saturated rings. The highest BCUT2D eigenvalue weighted by Crippen LogP contribution is 2.22. The molecule has 2 aromatic carbocycles. The van der Waals surface area contributed by atoms with E-state index < -0.39 is 0 Å². The first-order chi connectivity index (χ1) is 8.15. The lowest BCUT2D eigenvalue weighted by atomic mass is 10.2. The van der Waals surface area contributed by atoms with Crippen LogP contribution in [-0.2, 0) is 6.61 Å². The van der Waals surface area contributed by atoms with Crippen molar-refractivity contribution in [1.29, 1.82) is 0 Å². The van der Waals surface area contributed by atoms with Crippen LogP contribution in [0.4, 0.5) is 0 Å². The lowest BCUT2D eigenvalue weighted by Gasteiger charge is -2.08. The minimum atomic E-state index is 0.399. The van der Waals surface area contributed by atoms with Gasteiger partial charge in [0.05, 0.1) is 0 Å². The molecule has 2 aromatic rings. The molecule has 0 aliphatic carbocycles. The zero-order valence-corrected chi connectivity index (χ0v) is 10.6. The van der Waals surface area contributed by atoms with E-state index >= 15 is 0 Å². The highest BCUT2D eigenvalue weighted by Gasteiger charge is 2.02. The molecule has 1 nitrogen and oxygen atoms in total. The fraction of sp³-hybridized carbons (Fsp3) is 0.0714. The molecule has 87 valence electrons. The van der Waals surface area contributed by atoms with Crippen LogP contribution >= 0.6 is 23.2 Å². The van der Waals surface area contributed by atoms with Crippen LogP contribution in [0, 0.1) is 6.92 Å². The van der Waals surface area contributed by atoms with E-state index in [1.54, 1.807) is 18.2 Å². The number of hydrogen-bond donors (Lipinski definition) is 0. The van der Waals surface area contributed by atoms with Crippen LogP contribution in [0.5, 0.6) is 5.75 Å². The molecule has 0 amide bonds. The average molecular weight is 266 g/mol. The third-order valence-corrected chi connectivity index (χ3v) is 2.93. The summed E-state index contributed by atoms with van der Waals surface area (Å²) in [7, 11) is 0. The second-order valence-electron chi connectivity index (χ2n) is 3.67. The normalized spacial score (nSPS) is 10.3. The Hall–Kier alpha value is -1.18. The second kappa shape index (κ2) is 5.44. The molecule has 0 saturated heterocycles. The lowest BCUT2D eigenvalue weighted by Crippen LogP contribution is -1.96. The Kier molecular flexibility index (Phi) is 3.93. The van der Waals surface area contributed by atoms with E-state index in [4.69, 9.17) is 27.9 Å². The average Bonchev–Trinajstić information content (AvgIpc) is 2.32. The molecule has 0 unspecified atom stereocenters. The molecule has 0 saturated carbocycles. The number of halogens is 2. The maximum absolute atomic E-state index is 6.04. The summed E-state index contributed by atoms with van der Waals surface area (Å²) in [5, 5.41) is 1.31. The Labute approximate surface area is 111 Å². The van der Waals surface area contributed by atoms with Crippen molar-refractivity contribution >= 4 is 23.2 Å². The predicted octanol–water partition coefficient (Wildman–Crippen LogP) is 4.75. The Balaban J connectivity index is 2.07. The van der Waals surface area contributed by atoms with Crippen molar-refractivity contribution < 1.29 is 4.74 Å². The van der Waals surface area contributed by atoms with Gasteiger partial charge in [-0.1, -0.05) is 35.3 Å². The Morgan fingerprint density at radius 1 is 1.00 bits per heavy atom. The van der Waals surface area contributed by atoms with Gasteiger partial charge in [-0.3, -0.25) is 0 Å². The smallest absolute Gasteiger partial charge is 0.119 e. The summed E-state index contributed by atoms with van der Waals surface area (Å²) in [6.07, 6.45) is 0. The first-order valence-corrected chi connectivity index (χ1v) is 5.89. The highest BCUT2D eigenvalue weighted by molar-refractivity contribution is 6.33. The van der Waals surface area contributed by atoms with Crippen molar-refractivity contribution in [2.45, 2.75) is 6.61 Å². The topological polar surface area (TPSA) is 9.23 Å². The molecule has 3 heteroatoms. The number of benzene rings is 2. The second-order valence-corrected chi connectivity index (χ2v) is 4.51. The quantitative estimate of drug-likeness (QED) is 0.778. The highest BCUT2D eigenvalue weighted by atomic mass is 35.5. The van der Waals surface area contributed by atoms with Crippen LogP contribution in [0.2, 0.25) is 10.0 Å². The van der Waals surface area contributed by atoms with Gasteiger partial charge < -0.3 is 4.74 Å². The molecular formula is C14H11Cl2O. The van der Waals surface area contributed by atoms with E-state index in [9.17, 15) is 0 Å². The van der Waals surface area contributed by atoms with Crippen molar-refractivity contribution in [2.75, 3.05) is 0 Å². The summed E-state index contributed by atoms with van der Waals surface area (Å²) in [5.41, 5.74) is 1.83. The minimum absolute atomic E-state index is 0.399. The van der Waals surface area contributed by atoms with Gasteiger partial charge in [0.1, 0.15) is 12.4 Å². The fourth-order valence-corrected chi connectivity index (χ4v) is 1.77. The van der Waals surface area contributed by atoms with Crippen LogP contribution in [0.3, 0.4) is 0 Å². The molecule has 17 heavy (non-hydrogen) atoms. The monoisotopic (exact) mass is 265 g/mol. The van der Waals surface area contributed by atoms with Crippen molar-refractivity contribution in [1.82, 2.24) is 0 Å². The fourth-order valence-electron chi connectivity index (χ4n) is 1.40. The summed E-state index contributed by atoms with van der Waals surface area (Å²) >= 11 is 11.9. The van der Waals surface area contributed by atoms with Crippen LogP contribution in [0.25, 0.3) is 0 Å². The summed E-state index contributed by atoms with van der Waals surface area (Å²) < 4.78 is 5.61. The first-order valence-electron chi connectivity index (χ1n) is 5.14. The molecule has 0 N–H and O–H groups in total. The summed E-state index contributed by atoms with van der Waals surface area (Å²) in [5.74, 6) is 0.786. The largest absolute Gasteiger partial charge is 0.489 e. The Bertz CT molecular complexity index is 506. The van der Waals surface area contributed by atoms with Gasteiger partial charge in [0.25, 0.3) is 0 Å². The predicted molar refractivity (Wildman–Crippen MR) is 71.7 cm³/mol. The van der Waals surface area contributed by atoms with Crippen LogP contribution < -0.4 is 4.74 Å². The van der Waals surface area contributed by atoms with Gasteiger partial charge in [-0.2, -0.15) is 0 Å². The van der Waals surface area contributed by atoms with Gasteiger partial charge >= 0.3 is 0 Å². The van der Waals surface area contributed by atoms with E-state index in [0.717, 1.165) is 16.9 Å². The molecule has 0 aliphatic rings. The van der Waals surface area contributed by atoms with Crippen LogP contribution in [-0.4, -0.2) is 0 Å². The summed E-state index contributed by atoms with van der Waals surface area (Å²) in [6, 6.07) is 12.9. The third-order valence-electron chi connectivity index (χ3n) is 2.33. The van der Waals surface area contributed by atoms with Crippen LogP contribution in [0.1, 0.15) is 11.1 Å². The Morgan fingerprint density at radius 2 is 1.71 bits per heavy atom. The van der Waals surface area contributed by atoms with Gasteiger partial charge in [0, 0.05) is 15.6 Å². The van der Waals surface area contributed by atoms with Crippen molar-refractivity contribution in [2.24, 2.45) is 0 Å². The maximum Gasteiger partial charge on any atom is 0.119 e. The molecule has 2 rings (SSSR count).